The van der Waals surface area contributed by atoms with Crippen LogP contribution in [0.1, 0.15) is 18.5 Å². The summed E-state index contributed by atoms with van der Waals surface area (Å²) >= 11 is 5.78. The summed E-state index contributed by atoms with van der Waals surface area (Å²) in [7, 11) is 1.37. The van der Waals surface area contributed by atoms with Gasteiger partial charge in [-0.2, -0.15) is 0 Å². The predicted octanol–water partition coefficient (Wildman–Crippen LogP) is 1.80. The Hall–Kier alpha value is -1.79. The van der Waals surface area contributed by atoms with Gasteiger partial charge in [-0.1, -0.05) is 23.7 Å². The SMILES string of the molecule is COCC(NC(=O)NC(C)c1ccc(Cl)cc1)C(=O)O. The zero-order valence-corrected chi connectivity index (χ0v) is 12.0. The van der Waals surface area contributed by atoms with Crippen molar-refractivity contribution in [2.45, 2.75) is 19.0 Å². The van der Waals surface area contributed by atoms with Crippen LogP contribution in [0.4, 0.5) is 4.79 Å². The molecule has 1 aromatic rings. The van der Waals surface area contributed by atoms with Gasteiger partial charge in [0.1, 0.15) is 0 Å². The smallest absolute Gasteiger partial charge is 0.328 e. The molecule has 1 aromatic carbocycles. The highest BCUT2D eigenvalue weighted by Crippen LogP contribution is 2.15. The Morgan fingerprint density at radius 1 is 1.30 bits per heavy atom. The van der Waals surface area contributed by atoms with Crippen LogP contribution in [0.15, 0.2) is 24.3 Å². The van der Waals surface area contributed by atoms with Crippen molar-refractivity contribution >= 4 is 23.6 Å². The zero-order valence-electron chi connectivity index (χ0n) is 11.2. The van der Waals surface area contributed by atoms with Crippen molar-refractivity contribution < 1.29 is 19.4 Å². The Balaban J connectivity index is 2.56. The fourth-order valence-electron chi connectivity index (χ4n) is 1.57. The fourth-order valence-corrected chi connectivity index (χ4v) is 1.70. The number of benzene rings is 1. The number of halogens is 1. The number of carbonyl (C=O) groups is 2. The number of carboxylic acids is 1. The average Bonchev–Trinajstić information content (AvgIpc) is 2.38. The number of aliphatic carboxylic acids is 1. The molecule has 2 unspecified atom stereocenters. The third-order valence-corrected chi connectivity index (χ3v) is 2.91. The lowest BCUT2D eigenvalue weighted by Crippen LogP contribution is -2.48. The molecule has 0 aliphatic rings. The van der Waals surface area contributed by atoms with Gasteiger partial charge in [-0.15, -0.1) is 0 Å². The molecule has 0 fully saturated rings. The van der Waals surface area contributed by atoms with Crippen molar-refractivity contribution in [3.63, 3.8) is 0 Å². The lowest BCUT2D eigenvalue weighted by molar-refractivity contribution is -0.140. The molecule has 0 spiro atoms. The highest BCUT2D eigenvalue weighted by Gasteiger charge is 2.20. The summed E-state index contributed by atoms with van der Waals surface area (Å²) in [5.74, 6) is -1.15. The first-order chi connectivity index (χ1) is 9.43. The van der Waals surface area contributed by atoms with Crippen molar-refractivity contribution in [1.82, 2.24) is 10.6 Å². The van der Waals surface area contributed by atoms with E-state index in [0.717, 1.165) is 5.56 Å². The molecule has 2 amide bonds. The van der Waals surface area contributed by atoms with Crippen LogP contribution in [0.2, 0.25) is 5.02 Å². The van der Waals surface area contributed by atoms with Crippen molar-refractivity contribution in [3.8, 4) is 0 Å². The number of ether oxygens (including phenoxy) is 1. The summed E-state index contributed by atoms with van der Waals surface area (Å²) in [6.07, 6.45) is 0. The third kappa shape index (κ3) is 5.07. The first kappa shape index (κ1) is 16.3. The second kappa shape index (κ2) is 7.72. The van der Waals surface area contributed by atoms with Gasteiger partial charge in [-0.05, 0) is 24.6 Å². The largest absolute Gasteiger partial charge is 0.480 e. The van der Waals surface area contributed by atoms with Gasteiger partial charge in [0.05, 0.1) is 12.6 Å². The van der Waals surface area contributed by atoms with E-state index in [1.807, 2.05) is 0 Å². The summed E-state index contributed by atoms with van der Waals surface area (Å²) in [6, 6.07) is 5.09. The molecule has 6 nitrogen and oxygen atoms in total. The number of methoxy groups -OCH3 is 1. The van der Waals surface area contributed by atoms with E-state index in [1.54, 1.807) is 31.2 Å². The highest BCUT2D eigenvalue weighted by atomic mass is 35.5. The van der Waals surface area contributed by atoms with Crippen LogP contribution < -0.4 is 10.6 Å². The van der Waals surface area contributed by atoms with E-state index in [4.69, 9.17) is 21.4 Å². The molecule has 0 radical (unpaired) electrons. The molecule has 20 heavy (non-hydrogen) atoms. The first-order valence-electron chi connectivity index (χ1n) is 5.98. The molecule has 0 aliphatic carbocycles. The zero-order chi connectivity index (χ0) is 15.1. The number of hydrogen-bond acceptors (Lipinski definition) is 3. The lowest BCUT2D eigenvalue weighted by Gasteiger charge is -2.18. The van der Waals surface area contributed by atoms with Crippen LogP contribution in [0.25, 0.3) is 0 Å². The van der Waals surface area contributed by atoms with E-state index in [-0.39, 0.29) is 12.6 Å². The van der Waals surface area contributed by atoms with Crippen LogP contribution in [0, 0.1) is 0 Å². The molecule has 0 aromatic heterocycles. The minimum absolute atomic E-state index is 0.0991. The summed E-state index contributed by atoms with van der Waals surface area (Å²) in [6.45, 7) is 1.69. The van der Waals surface area contributed by atoms with Crippen LogP contribution in [0.3, 0.4) is 0 Å². The third-order valence-electron chi connectivity index (χ3n) is 2.65. The van der Waals surface area contributed by atoms with Gasteiger partial charge in [-0.25, -0.2) is 9.59 Å². The molecule has 3 N–H and O–H groups in total. The number of urea groups is 1. The molecule has 0 bridgehead atoms. The van der Waals surface area contributed by atoms with E-state index < -0.39 is 18.0 Å². The average molecular weight is 301 g/mol. The number of carboxylic acid groups (broad SMARTS) is 1. The first-order valence-corrected chi connectivity index (χ1v) is 6.36. The van der Waals surface area contributed by atoms with Gasteiger partial charge >= 0.3 is 12.0 Å². The van der Waals surface area contributed by atoms with Crippen molar-refractivity contribution in [2.24, 2.45) is 0 Å². The van der Waals surface area contributed by atoms with E-state index in [1.165, 1.54) is 7.11 Å². The topological polar surface area (TPSA) is 87.7 Å². The fraction of sp³-hybridized carbons (Fsp3) is 0.385. The van der Waals surface area contributed by atoms with E-state index >= 15 is 0 Å². The Labute approximate surface area is 122 Å². The monoisotopic (exact) mass is 300 g/mol. The highest BCUT2D eigenvalue weighted by molar-refractivity contribution is 6.30. The van der Waals surface area contributed by atoms with Gasteiger partial charge in [0, 0.05) is 12.1 Å². The van der Waals surface area contributed by atoms with Crippen LogP contribution >= 0.6 is 11.6 Å². The number of hydrogen-bond donors (Lipinski definition) is 3. The summed E-state index contributed by atoms with van der Waals surface area (Å²) < 4.78 is 4.73. The van der Waals surface area contributed by atoms with Gasteiger partial charge < -0.3 is 20.5 Å². The number of amides is 2. The summed E-state index contributed by atoms with van der Waals surface area (Å²) in [5.41, 5.74) is 0.864. The van der Waals surface area contributed by atoms with Gasteiger partial charge in [-0.3, -0.25) is 0 Å². The Morgan fingerprint density at radius 2 is 1.90 bits per heavy atom. The van der Waals surface area contributed by atoms with Crippen LogP contribution in [-0.2, 0) is 9.53 Å². The van der Waals surface area contributed by atoms with Gasteiger partial charge in [0.25, 0.3) is 0 Å². The quantitative estimate of drug-likeness (QED) is 0.747. The van der Waals surface area contributed by atoms with E-state index in [0.29, 0.717) is 5.02 Å². The lowest BCUT2D eigenvalue weighted by atomic mass is 10.1. The molecule has 0 saturated heterocycles. The predicted molar refractivity (Wildman–Crippen MR) is 74.8 cm³/mol. The molecule has 1 rings (SSSR count). The maximum atomic E-state index is 11.7. The second-order valence-electron chi connectivity index (χ2n) is 4.24. The normalized spacial score (nSPS) is 13.3. The number of rotatable bonds is 6. The minimum Gasteiger partial charge on any atom is -0.480 e. The van der Waals surface area contributed by atoms with E-state index in [2.05, 4.69) is 10.6 Å². The summed E-state index contributed by atoms with van der Waals surface area (Å²) in [4.78, 5) is 22.6. The number of carbonyl (C=O) groups excluding carboxylic acids is 1. The van der Waals surface area contributed by atoms with Gasteiger partial charge in [0.15, 0.2) is 6.04 Å². The summed E-state index contributed by atoms with van der Waals surface area (Å²) in [5, 5.41) is 14.5. The Kier molecular flexibility index (Phi) is 6.27. The maximum Gasteiger partial charge on any atom is 0.328 e. The molecule has 110 valence electrons. The second-order valence-corrected chi connectivity index (χ2v) is 4.67. The standard InChI is InChI=1S/C13H17ClN2O4/c1-8(9-3-5-10(14)6-4-9)15-13(19)16-11(7-20-2)12(17)18/h3-6,8,11H,7H2,1-2H3,(H,17,18)(H2,15,16,19). The maximum absolute atomic E-state index is 11.7. The molecule has 2 atom stereocenters. The molecule has 0 heterocycles. The van der Waals surface area contributed by atoms with Crippen molar-refractivity contribution in [2.75, 3.05) is 13.7 Å². The molecule has 0 saturated carbocycles. The van der Waals surface area contributed by atoms with E-state index in [9.17, 15) is 9.59 Å². The van der Waals surface area contributed by atoms with Crippen LogP contribution in [0.5, 0.6) is 0 Å². The molecular weight excluding hydrogens is 284 g/mol. The van der Waals surface area contributed by atoms with Crippen molar-refractivity contribution in [3.05, 3.63) is 34.9 Å². The Morgan fingerprint density at radius 3 is 2.40 bits per heavy atom. The minimum atomic E-state index is -1.15. The van der Waals surface area contributed by atoms with Crippen LogP contribution in [-0.4, -0.2) is 36.9 Å². The van der Waals surface area contributed by atoms with Gasteiger partial charge in [0.2, 0.25) is 0 Å². The number of nitrogens with one attached hydrogen (secondary N) is 2. The van der Waals surface area contributed by atoms with Crippen molar-refractivity contribution in [1.29, 1.82) is 0 Å². The Bertz CT molecular complexity index is 464. The molecule has 0 aliphatic heterocycles. The molecular formula is C13H17ClN2O4. The molecule has 7 heteroatoms.